The van der Waals surface area contributed by atoms with Gasteiger partial charge in [0.05, 0.1) is 21.7 Å². The van der Waals surface area contributed by atoms with Crippen LogP contribution in [0.15, 0.2) is 42.5 Å². The first-order chi connectivity index (χ1) is 11.8. The molecular weight excluding hydrogens is 332 g/mol. The monoisotopic (exact) mass is 343 g/mol. The summed E-state index contributed by atoms with van der Waals surface area (Å²) in [5, 5.41) is 13.5. The highest BCUT2D eigenvalue weighted by molar-refractivity contribution is 6.12. The van der Waals surface area contributed by atoms with Crippen LogP contribution in [0.3, 0.4) is 0 Å². The zero-order valence-corrected chi connectivity index (χ0v) is 12.9. The first-order valence-corrected chi connectivity index (χ1v) is 7.17. The highest BCUT2D eigenvalue weighted by Crippen LogP contribution is 2.24. The number of hydrogen-bond acceptors (Lipinski definition) is 4. The van der Waals surface area contributed by atoms with E-state index in [0.29, 0.717) is 11.1 Å². The van der Waals surface area contributed by atoms with E-state index in [2.05, 4.69) is 10.3 Å². The molecule has 0 saturated heterocycles. The number of carbonyl (C=O) groups is 1. The van der Waals surface area contributed by atoms with E-state index in [1.165, 1.54) is 24.3 Å². The van der Waals surface area contributed by atoms with Crippen molar-refractivity contribution in [2.24, 2.45) is 0 Å². The van der Waals surface area contributed by atoms with Crippen molar-refractivity contribution in [2.75, 3.05) is 5.32 Å². The molecule has 1 amide bonds. The molecule has 3 rings (SSSR count). The SMILES string of the molecule is Cc1cc(C(=O)Nc2cc([N+](=O)[O-])ccc2F)c2ccc(F)cc2n1. The second kappa shape index (κ2) is 6.23. The normalized spacial score (nSPS) is 10.7. The van der Waals surface area contributed by atoms with E-state index in [1.54, 1.807) is 6.92 Å². The van der Waals surface area contributed by atoms with E-state index in [-0.39, 0.29) is 22.5 Å². The van der Waals surface area contributed by atoms with Crippen molar-refractivity contribution in [3.63, 3.8) is 0 Å². The molecule has 2 aromatic carbocycles. The molecule has 0 aliphatic rings. The molecule has 126 valence electrons. The molecule has 0 fully saturated rings. The molecule has 0 unspecified atom stereocenters. The van der Waals surface area contributed by atoms with Crippen LogP contribution in [0.4, 0.5) is 20.2 Å². The number of anilines is 1. The lowest BCUT2D eigenvalue weighted by molar-refractivity contribution is -0.384. The van der Waals surface area contributed by atoms with Crippen LogP contribution in [0.25, 0.3) is 10.9 Å². The molecule has 0 atom stereocenters. The van der Waals surface area contributed by atoms with Crippen molar-refractivity contribution in [1.29, 1.82) is 0 Å². The lowest BCUT2D eigenvalue weighted by Gasteiger charge is -2.10. The number of nitrogens with one attached hydrogen (secondary N) is 1. The van der Waals surface area contributed by atoms with Gasteiger partial charge in [-0.25, -0.2) is 8.78 Å². The number of hydrogen-bond donors (Lipinski definition) is 1. The van der Waals surface area contributed by atoms with Gasteiger partial charge in [-0.05, 0) is 31.2 Å². The molecule has 6 nitrogen and oxygen atoms in total. The third kappa shape index (κ3) is 3.27. The Labute approximate surface area is 140 Å². The topological polar surface area (TPSA) is 85.1 Å². The minimum Gasteiger partial charge on any atom is -0.319 e. The lowest BCUT2D eigenvalue weighted by atomic mass is 10.1. The molecule has 0 spiro atoms. The molecule has 0 aliphatic heterocycles. The number of nitro groups is 1. The summed E-state index contributed by atoms with van der Waals surface area (Å²) in [7, 11) is 0. The van der Waals surface area contributed by atoms with E-state index in [9.17, 15) is 23.7 Å². The third-order valence-corrected chi connectivity index (χ3v) is 3.55. The van der Waals surface area contributed by atoms with Crippen LogP contribution in [0.1, 0.15) is 16.1 Å². The summed E-state index contributed by atoms with van der Waals surface area (Å²) in [5.41, 5.74) is 0.249. The Balaban J connectivity index is 2.04. The maximum atomic E-state index is 13.9. The average molecular weight is 343 g/mol. The predicted molar refractivity (Wildman–Crippen MR) is 87.4 cm³/mol. The van der Waals surface area contributed by atoms with Crippen molar-refractivity contribution >= 4 is 28.2 Å². The van der Waals surface area contributed by atoms with Gasteiger partial charge in [0.1, 0.15) is 11.6 Å². The number of non-ortho nitro benzene ring substituents is 1. The van der Waals surface area contributed by atoms with Gasteiger partial charge in [-0.3, -0.25) is 19.9 Å². The van der Waals surface area contributed by atoms with Crippen LogP contribution in [-0.4, -0.2) is 15.8 Å². The van der Waals surface area contributed by atoms with Crippen LogP contribution >= 0.6 is 0 Å². The number of aryl methyl sites for hydroxylation is 1. The zero-order chi connectivity index (χ0) is 18.1. The molecule has 1 aromatic heterocycles. The largest absolute Gasteiger partial charge is 0.319 e. The second-order valence-corrected chi connectivity index (χ2v) is 5.35. The van der Waals surface area contributed by atoms with Crippen molar-refractivity contribution in [3.8, 4) is 0 Å². The summed E-state index contributed by atoms with van der Waals surface area (Å²) >= 11 is 0. The van der Waals surface area contributed by atoms with Crippen molar-refractivity contribution in [1.82, 2.24) is 4.98 Å². The summed E-state index contributed by atoms with van der Waals surface area (Å²) in [6.45, 7) is 1.63. The number of pyridine rings is 1. The fourth-order valence-corrected chi connectivity index (χ4v) is 2.43. The highest BCUT2D eigenvalue weighted by Gasteiger charge is 2.17. The molecule has 1 N–H and O–H groups in total. The van der Waals surface area contributed by atoms with Crippen LogP contribution in [0.5, 0.6) is 0 Å². The standard InChI is InChI=1S/C17H11F2N3O3/c1-9-6-13(12-4-2-10(18)7-15(12)20-9)17(23)21-16-8-11(22(24)25)3-5-14(16)19/h2-8H,1H3,(H,21,23). The van der Waals surface area contributed by atoms with Gasteiger partial charge < -0.3 is 5.32 Å². The Morgan fingerprint density at radius 2 is 1.92 bits per heavy atom. The Morgan fingerprint density at radius 1 is 1.16 bits per heavy atom. The quantitative estimate of drug-likeness (QED) is 0.576. The van der Waals surface area contributed by atoms with E-state index in [1.807, 2.05) is 0 Å². The highest BCUT2D eigenvalue weighted by atomic mass is 19.1. The number of carbonyl (C=O) groups excluding carboxylic acids is 1. The van der Waals surface area contributed by atoms with Crippen LogP contribution in [0.2, 0.25) is 0 Å². The molecule has 0 saturated carbocycles. The first kappa shape index (κ1) is 16.4. The minimum atomic E-state index is -0.805. The Hall–Kier alpha value is -3.42. The summed E-state index contributed by atoms with van der Waals surface area (Å²) < 4.78 is 27.2. The van der Waals surface area contributed by atoms with Crippen molar-refractivity contribution in [3.05, 3.63) is 75.5 Å². The van der Waals surface area contributed by atoms with Gasteiger partial charge in [-0.15, -0.1) is 0 Å². The number of rotatable bonds is 3. The van der Waals surface area contributed by atoms with Gasteiger partial charge in [-0.1, -0.05) is 0 Å². The summed E-state index contributed by atoms with van der Waals surface area (Å²) in [4.78, 5) is 26.8. The Morgan fingerprint density at radius 3 is 2.64 bits per heavy atom. The second-order valence-electron chi connectivity index (χ2n) is 5.35. The number of aromatic nitrogens is 1. The van der Waals surface area contributed by atoms with Crippen LogP contribution in [-0.2, 0) is 0 Å². The summed E-state index contributed by atoms with van der Waals surface area (Å²) in [6.07, 6.45) is 0. The first-order valence-electron chi connectivity index (χ1n) is 7.17. The number of halogens is 2. The van der Waals surface area contributed by atoms with E-state index in [0.717, 1.165) is 18.2 Å². The Kier molecular flexibility index (Phi) is 4.10. The molecule has 0 aliphatic carbocycles. The smallest absolute Gasteiger partial charge is 0.271 e. The number of fused-ring (bicyclic) bond motifs is 1. The number of nitro benzene ring substituents is 1. The van der Waals surface area contributed by atoms with E-state index >= 15 is 0 Å². The molecular formula is C17H11F2N3O3. The molecule has 0 bridgehead atoms. The fraction of sp³-hybridized carbons (Fsp3) is 0.0588. The number of nitrogens with zero attached hydrogens (tertiary/aromatic N) is 2. The zero-order valence-electron chi connectivity index (χ0n) is 12.9. The number of amides is 1. The molecule has 3 aromatic rings. The van der Waals surface area contributed by atoms with E-state index < -0.39 is 22.5 Å². The third-order valence-electron chi connectivity index (χ3n) is 3.55. The molecule has 25 heavy (non-hydrogen) atoms. The van der Waals surface area contributed by atoms with Gasteiger partial charge in [0.2, 0.25) is 0 Å². The lowest BCUT2D eigenvalue weighted by Crippen LogP contribution is -2.14. The summed E-state index contributed by atoms with van der Waals surface area (Å²) in [6, 6.07) is 8.08. The van der Waals surface area contributed by atoms with Crippen molar-refractivity contribution in [2.45, 2.75) is 6.92 Å². The van der Waals surface area contributed by atoms with Crippen LogP contribution in [0, 0.1) is 28.7 Å². The maximum absolute atomic E-state index is 13.9. The van der Waals surface area contributed by atoms with Crippen molar-refractivity contribution < 1.29 is 18.5 Å². The van der Waals surface area contributed by atoms with Gasteiger partial charge in [0, 0.05) is 29.3 Å². The van der Waals surface area contributed by atoms with Gasteiger partial charge >= 0.3 is 0 Å². The average Bonchev–Trinajstić information content (AvgIpc) is 2.55. The predicted octanol–water partition coefficient (Wildman–Crippen LogP) is 3.98. The molecule has 1 heterocycles. The van der Waals surface area contributed by atoms with Gasteiger partial charge in [0.15, 0.2) is 0 Å². The van der Waals surface area contributed by atoms with Crippen LogP contribution < -0.4 is 5.32 Å². The van der Waals surface area contributed by atoms with Gasteiger partial charge in [-0.2, -0.15) is 0 Å². The van der Waals surface area contributed by atoms with E-state index in [4.69, 9.17) is 0 Å². The minimum absolute atomic E-state index is 0.161. The molecule has 8 heteroatoms. The number of benzene rings is 2. The molecule has 0 radical (unpaired) electrons. The van der Waals surface area contributed by atoms with Gasteiger partial charge in [0.25, 0.3) is 11.6 Å². The summed E-state index contributed by atoms with van der Waals surface area (Å²) in [5.74, 6) is -1.98. The maximum Gasteiger partial charge on any atom is 0.271 e. The Bertz CT molecular complexity index is 1020. The fourth-order valence-electron chi connectivity index (χ4n) is 2.43.